The largest absolute Gasteiger partial charge is 0.321 e. The molecule has 2 aromatic heterocycles. The Morgan fingerprint density at radius 3 is 2.56 bits per heavy atom. The minimum absolute atomic E-state index is 0.0860. The normalized spacial score (nSPS) is 12.8. The van der Waals surface area contributed by atoms with Crippen molar-refractivity contribution in [1.82, 2.24) is 30.0 Å². The van der Waals surface area contributed by atoms with E-state index < -0.39 is 23.4 Å². The smallest absolute Gasteiger partial charge is 0.276 e. The van der Waals surface area contributed by atoms with Gasteiger partial charge in [0.2, 0.25) is 0 Å². The lowest BCUT2D eigenvalue weighted by atomic mass is 10.2. The van der Waals surface area contributed by atoms with Crippen LogP contribution in [0.4, 0.5) is 18.9 Å². The summed E-state index contributed by atoms with van der Waals surface area (Å²) in [6, 6.07) is 7.52. The summed E-state index contributed by atoms with van der Waals surface area (Å²) in [6.07, 6.45) is 2.12. The van der Waals surface area contributed by atoms with Crippen molar-refractivity contribution in [2.45, 2.75) is 26.2 Å². The van der Waals surface area contributed by atoms with E-state index in [4.69, 9.17) is 0 Å². The van der Waals surface area contributed by atoms with Crippen LogP contribution in [0.1, 0.15) is 34.0 Å². The highest BCUT2D eigenvalue weighted by molar-refractivity contribution is 6.04. The first kappa shape index (κ1) is 19.9. The average Bonchev–Trinajstić information content (AvgIpc) is 3.48. The molecule has 0 saturated heterocycles. The van der Waals surface area contributed by atoms with Crippen LogP contribution in [-0.4, -0.2) is 35.9 Å². The van der Waals surface area contributed by atoms with Gasteiger partial charge in [-0.2, -0.15) is 9.78 Å². The van der Waals surface area contributed by atoms with E-state index in [-0.39, 0.29) is 11.4 Å². The first-order valence-electron chi connectivity index (χ1n) is 9.85. The van der Waals surface area contributed by atoms with Gasteiger partial charge in [-0.05, 0) is 66.9 Å². The van der Waals surface area contributed by atoms with Crippen LogP contribution in [0.2, 0.25) is 0 Å². The molecule has 1 aliphatic rings. The van der Waals surface area contributed by atoms with Crippen LogP contribution in [0.25, 0.3) is 11.4 Å². The molecule has 0 aliphatic heterocycles. The Morgan fingerprint density at radius 1 is 1.00 bits per heavy atom. The SMILES string of the molecule is Cc1nnnn1-c1cc(NC(=O)c2nn(-c3ccc(F)c(F)c3)c3c2CCC3)ccc1F. The van der Waals surface area contributed by atoms with Crippen LogP contribution in [0.5, 0.6) is 0 Å². The van der Waals surface area contributed by atoms with E-state index in [1.165, 1.54) is 33.6 Å². The number of tetrazole rings is 1. The Kier molecular flexibility index (Phi) is 4.72. The lowest BCUT2D eigenvalue weighted by Crippen LogP contribution is -2.15. The van der Waals surface area contributed by atoms with Gasteiger partial charge >= 0.3 is 0 Å². The Morgan fingerprint density at radius 2 is 1.81 bits per heavy atom. The van der Waals surface area contributed by atoms with E-state index in [1.807, 2.05) is 0 Å². The number of aryl methyl sites for hydroxylation is 1. The highest BCUT2D eigenvalue weighted by Crippen LogP contribution is 2.29. The number of fused-ring (bicyclic) bond motifs is 1. The fraction of sp³-hybridized carbons (Fsp3) is 0.190. The molecular weight excluding hydrogens is 423 g/mol. The molecule has 11 heteroatoms. The van der Waals surface area contributed by atoms with Crippen LogP contribution < -0.4 is 5.32 Å². The van der Waals surface area contributed by atoms with Gasteiger partial charge in [0.1, 0.15) is 11.5 Å². The van der Waals surface area contributed by atoms with Crippen molar-refractivity contribution >= 4 is 11.6 Å². The second-order valence-electron chi connectivity index (χ2n) is 7.40. The first-order valence-corrected chi connectivity index (χ1v) is 9.85. The molecule has 1 N–H and O–H groups in total. The highest BCUT2D eigenvalue weighted by Gasteiger charge is 2.27. The maximum atomic E-state index is 14.3. The van der Waals surface area contributed by atoms with Crippen molar-refractivity contribution in [3.8, 4) is 11.4 Å². The van der Waals surface area contributed by atoms with Crippen LogP contribution in [0.15, 0.2) is 36.4 Å². The number of aromatic nitrogens is 6. The van der Waals surface area contributed by atoms with Gasteiger partial charge in [-0.3, -0.25) is 4.79 Å². The molecule has 0 bridgehead atoms. The van der Waals surface area contributed by atoms with Crippen molar-refractivity contribution in [3.63, 3.8) is 0 Å². The number of nitrogens with zero attached hydrogens (tertiary/aromatic N) is 6. The van der Waals surface area contributed by atoms with E-state index in [1.54, 1.807) is 6.92 Å². The molecule has 2 aromatic carbocycles. The van der Waals surface area contributed by atoms with Crippen molar-refractivity contribution in [2.24, 2.45) is 0 Å². The maximum Gasteiger partial charge on any atom is 0.276 e. The second-order valence-corrected chi connectivity index (χ2v) is 7.40. The molecule has 0 atom stereocenters. The molecule has 1 aliphatic carbocycles. The summed E-state index contributed by atoms with van der Waals surface area (Å²) in [4.78, 5) is 13.0. The summed E-state index contributed by atoms with van der Waals surface area (Å²) < 4.78 is 44.1. The van der Waals surface area contributed by atoms with Gasteiger partial charge in [0, 0.05) is 23.0 Å². The lowest BCUT2D eigenvalue weighted by Gasteiger charge is -2.09. The Labute approximate surface area is 179 Å². The Balaban J connectivity index is 1.48. The summed E-state index contributed by atoms with van der Waals surface area (Å²) in [5.74, 6) is -2.61. The number of carbonyl (C=O) groups is 1. The molecule has 162 valence electrons. The van der Waals surface area contributed by atoms with Gasteiger partial charge in [-0.1, -0.05) is 0 Å². The monoisotopic (exact) mass is 439 g/mol. The van der Waals surface area contributed by atoms with Gasteiger partial charge in [0.15, 0.2) is 23.2 Å². The third kappa shape index (κ3) is 3.31. The minimum Gasteiger partial charge on any atom is -0.321 e. The summed E-state index contributed by atoms with van der Waals surface area (Å²) in [5.41, 5.74) is 2.47. The van der Waals surface area contributed by atoms with Crippen molar-refractivity contribution in [1.29, 1.82) is 0 Å². The molecular formula is C21H16F3N7O. The number of anilines is 1. The summed E-state index contributed by atoms with van der Waals surface area (Å²) in [5, 5.41) is 18.1. The van der Waals surface area contributed by atoms with Gasteiger partial charge < -0.3 is 5.32 Å². The predicted octanol–water partition coefficient (Wildman–Crippen LogP) is 3.31. The number of benzene rings is 2. The average molecular weight is 439 g/mol. The quantitative estimate of drug-likeness (QED) is 0.527. The predicted molar refractivity (Wildman–Crippen MR) is 107 cm³/mol. The molecule has 32 heavy (non-hydrogen) atoms. The van der Waals surface area contributed by atoms with E-state index >= 15 is 0 Å². The molecule has 0 radical (unpaired) electrons. The van der Waals surface area contributed by atoms with Crippen molar-refractivity contribution < 1.29 is 18.0 Å². The second kappa shape index (κ2) is 7.59. The number of amides is 1. The molecule has 0 saturated carbocycles. The molecule has 0 fully saturated rings. The zero-order valence-corrected chi connectivity index (χ0v) is 16.8. The molecule has 0 spiro atoms. The lowest BCUT2D eigenvalue weighted by molar-refractivity contribution is 0.102. The number of nitrogens with one attached hydrogen (secondary N) is 1. The number of hydrogen-bond donors (Lipinski definition) is 1. The fourth-order valence-corrected chi connectivity index (χ4v) is 3.85. The first-order chi connectivity index (χ1) is 15.4. The van der Waals surface area contributed by atoms with Crippen molar-refractivity contribution in [3.05, 3.63) is 76.6 Å². The maximum absolute atomic E-state index is 14.3. The van der Waals surface area contributed by atoms with Crippen LogP contribution >= 0.6 is 0 Å². The summed E-state index contributed by atoms with van der Waals surface area (Å²) >= 11 is 0. The van der Waals surface area contributed by atoms with Crippen molar-refractivity contribution in [2.75, 3.05) is 5.32 Å². The summed E-state index contributed by atoms with van der Waals surface area (Å²) in [7, 11) is 0. The molecule has 8 nitrogen and oxygen atoms in total. The van der Waals surface area contributed by atoms with Gasteiger partial charge in [0.05, 0.1) is 5.69 Å². The number of hydrogen-bond acceptors (Lipinski definition) is 5. The topological polar surface area (TPSA) is 90.5 Å². The molecule has 0 unspecified atom stereocenters. The highest BCUT2D eigenvalue weighted by atomic mass is 19.2. The van der Waals surface area contributed by atoms with Crippen LogP contribution in [0.3, 0.4) is 0 Å². The van der Waals surface area contributed by atoms with E-state index in [9.17, 15) is 18.0 Å². The zero-order chi connectivity index (χ0) is 22.4. The van der Waals surface area contributed by atoms with Crippen LogP contribution in [0, 0.1) is 24.4 Å². The van der Waals surface area contributed by atoms with Gasteiger partial charge in [0.25, 0.3) is 5.91 Å². The van der Waals surface area contributed by atoms with Gasteiger partial charge in [-0.15, -0.1) is 5.10 Å². The standard InChI is InChI=1S/C21H16F3N7O/c1-11-26-28-29-30(11)19-9-12(5-7-16(19)23)25-21(32)20-14-3-2-4-18(14)31(27-20)13-6-8-15(22)17(24)10-13/h5-10H,2-4H2,1H3,(H,25,32). The zero-order valence-electron chi connectivity index (χ0n) is 16.8. The van der Waals surface area contributed by atoms with E-state index in [0.29, 0.717) is 30.0 Å². The third-order valence-corrected chi connectivity index (χ3v) is 5.35. The Bertz CT molecular complexity index is 1360. The van der Waals surface area contributed by atoms with Crippen LogP contribution in [-0.2, 0) is 12.8 Å². The third-order valence-electron chi connectivity index (χ3n) is 5.35. The summed E-state index contributed by atoms with van der Waals surface area (Å²) in [6.45, 7) is 1.62. The molecule has 4 aromatic rings. The Hall–Kier alpha value is -4.02. The van der Waals surface area contributed by atoms with E-state index in [0.717, 1.165) is 29.8 Å². The van der Waals surface area contributed by atoms with Gasteiger partial charge in [-0.25, -0.2) is 17.9 Å². The number of halogens is 3. The minimum atomic E-state index is -0.993. The number of carbonyl (C=O) groups excluding carboxylic acids is 1. The molecule has 5 rings (SSSR count). The molecule has 1 amide bonds. The number of rotatable bonds is 4. The van der Waals surface area contributed by atoms with E-state index in [2.05, 4.69) is 25.9 Å². The molecule has 2 heterocycles. The fourth-order valence-electron chi connectivity index (χ4n) is 3.85.